The number of piperazine rings is 1. The van der Waals surface area contributed by atoms with Crippen molar-refractivity contribution in [3.63, 3.8) is 0 Å². The van der Waals surface area contributed by atoms with E-state index in [4.69, 9.17) is 11.6 Å². The van der Waals surface area contributed by atoms with Crippen LogP contribution in [0.15, 0.2) is 0 Å². The summed E-state index contributed by atoms with van der Waals surface area (Å²) in [7, 11) is 0. The Morgan fingerprint density at radius 2 is 1.56 bits per heavy atom. The fourth-order valence-corrected chi connectivity index (χ4v) is 3.88. The van der Waals surface area contributed by atoms with Gasteiger partial charge in [-0.1, -0.05) is 12.8 Å². The molecule has 2 amide bonds. The van der Waals surface area contributed by atoms with E-state index < -0.39 is 0 Å². The van der Waals surface area contributed by atoms with Crippen molar-refractivity contribution >= 4 is 17.6 Å². The fourth-order valence-electron chi connectivity index (χ4n) is 3.88. The van der Waals surface area contributed by atoms with Crippen LogP contribution in [0.4, 0.5) is 0 Å². The van der Waals surface area contributed by atoms with Gasteiger partial charge in [-0.05, 0) is 19.8 Å². The second kappa shape index (κ2) is 9.26. The highest BCUT2D eigenvalue weighted by Gasteiger charge is 2.35. The molecule has 0 aromatic carbocycles. The standard InChI is InChI=1S/C17H31N5O3/c1-13(23)14-4-2-3-5-15(14)17(25)22(19)11-10-20-6-8-21(9-7-20)12-16(18)24/h14-15H,2-12,19H2,1H3,(H2,18,24)/t14-,15-/m0/s1. The number of amides is 2. The van der Waals surface area contributed by atoms with Gasteiger partial charge in [-0.15, -0.1) is 0 Å². The van der Waals surface area contributed by atoms with Gasteiger partial charge in [-0.3, -0.25) is 29.2 Å². The maximum atomic E-state index is 12.6. The SMILES string of the molecule is CC(=O)[C@@H]1CCCC[C@@H]1C(=O)N(N)CCN1CCN(CC(N)=O)CC1. The topological polar surface area (TPSA) is 113 Å². The smallest absolute Gasteiger partial charge is 0.240 e. The summed E-state index contributed by atoms with van der Waals surface area (Å²) in [5, 5.41) is 1.29. The molecule has 142 valence electrons. The van der Waals surface area contributed by atoms with Crippen molar-refractivity contribution in [2.24, 2.45) is 23.4 Å². The monoisotopic (exact) mass is 353 g/mol. The second-order valence-corrected chi connectivity index (χ2v) is 7.22. The minimum absolute atomic E-state index is 0.0945. The highest BCUT2D eigenvalue weighted by atomic mass is 16.2. The Bertz CT molecular complexity index is 491. The molecule has 25 heavy (non-hydrogen) atoms. The van der Waals surface area contributed by atoms with Crippen molar-refractivity contribution in [1.82, 2.24) is 14.8 Å². The normalized spacial score (nSPS) is 25.5. The third-order valence-electron chi connectivity index (χ3n) is 5.39. The summed E-state index contributed by atoms with van der Waals surface area (Å²) >= 11 is 0. The number of Topliss-reactive ketones (excluding diaryl/α,β-unsaturated/α-hetero) is 1. The van der Waals surface area contributed by atoms with E-state index >= 15 is 0 Å². The molecule has 4 N–H and O–H groups in total. The summed E-state index contributed by atoms with van der Waals surface area (Å²) in [5.41, 5.74) is 5.21. The highest BCUT2D eigenvalue weighted by molar-refractivity contribution is 5.87. The van der Waals surface area contributed by atoms with Crippen LogP contribution in [0.2, 0.25) is 0 Å². The molecule has 1 heterocycles. The number of nitrogens with two attached hydrogens (primary N) is 2. The number of hydrogen-bond donors (Lipinski definition) is 2. The Labute approximate surface area is 149 Å². The predicted molar refractivity (Wildman–Crippen MR) is 94.1 cm³/mol. The van der Waals surface area contributed by atoms with E-state index in [0.29, 0.717) is 19.6 Å². The summed E-state index contributed by atoms with van der Waals surface area (Å²) in [4.78, 5) is 39.6. The van der Waals surface area contributed by atoms with Crippen molar-refractivity contribution in [3.05, 3.63) is 0 Å². The molecular formula is C17H31N5O3. The Morgan fingerprint density at radius 3 is 2.12 bits per heavy atom. The van der Waals surface area contributed by atoms with E-state index in [1.54, 1.807) is 6.92 Å². The number of nitrogens with zero attached hydrogens (tertiary/aromatic N) is 3. The van der Waals surface area contributed by atoms with Gasteiger partial charge < -0.3 is 5.73 Å². The molecule has 2 rings (SSSR count). The van der Waals surface area contributed by atoms with Crippen molar-refractivity contribution < 1.29 is 14.4 Å². The van der Waals surface area contributed by atoms with Gasteiger partial charge in [0.2, 0.25) is 11.8 Å². The molecule has 8 heteroatoms. The Balaban J connectivity index is 1.76. The van der Waals surface area contributed by atoms with Gasteiger partial charge in [0.25, 0.3) is 0 Å². The number of primary amides is 1. The molecule has 0 aromatic rings. The fraction of sp³-hybridized carbons (Fsp3) is 0.824. The summed E-state index contributed by atoms with van der Waals surface area (Å²) < 4.78 is 0. The molecule has 1 aliphatic heterocycles. The predicted octanol–water partition coefficient (Wildman–Crippen LogP) is -0.813. The number of ketones is 1. The van der Waals surface area contributed by atoms with Crippen LogP contribution < -0.4 is 11.6 Å². The van der Waals surface area contributed by atoms with Crippen molar-refractivity contribution in [3.8, 4) is 0 Å². The summed E-state index contributed by atoms with van der Waals surface area (Å²) in [6.07, 6.45) is 3.54. The van der Waals surface area contributed by atoms with Crippen LogP contribution in [0.3, 0.4) is 0 Å². The Morgan fingerprint density at radius 1 is 1.00 bits per heavy atom. The zero-order chi connectivity index (χ0) is 18.4. The molecule has 1 saturated carbocycles. The van der Waals surface area contributed by atoms with E-state index in [0.717, 1.165) is 51.9 Å². The van der Waals surface area contributed by atoms with Crippen molar-refractivity contribution in [2.45, 2.75) is 32.6 Å². The van der Waals surface area contributed by atoms with Gasteiger partial charge in [0.05, 0.1) is 6.54 Å². The molecule has 1 saturated heterocycles. The van der Waals surface area contributed by atoms with E-state index in [-0.39, 0.29) is 29.4 Å². The first kappa shape index (κ1) is 19.8. The summed E-state index contributed by atoms with van der Waals surface area (Å²) in [5.74, 6) is 5.24. The van der Waals surface area contributed by atoms with Gasteiger partial charge in [0, 0.05) is 51.1 Å². The molecule has 0 radical (unpaired) electrons. The van der Waals surface area contributed by atoms with Crippen LogP contribution in [0.5, 0.6) is 0 Å². The lowest BCUT2D eigenvalue weighted by molar-refractivity contribution is -0.143. The first-order chi connectivity index (χ1) is 11.9. The van der Waals surface area contributed by atoms with Crippen molar-refractivity contribution in [2.75, 3.05) is 45.8 Å². The van der Waals surface area contributed by atoms with Crippen LogP contribution >= 0.6 is 0 Å². The molecule has 2 fully saturated rings. The first-order valence-corrected chi connectivity index (χ1v) is 9.18. The lowest BCUT2D eigenvalue weighted by Crippen LogP contribution is -2.52. The zero-order valence-electron chi connectivity index (χ0n) is 15.2. The van der Waals surface area contributed by atoms with Crippen LogP contribution in [0.25, 0.3) is 0 Å². The zero-order valence-corrected chi connectivity index (χ0v) is 15.2. The third-order valence-corrected chi connectivity index (χ3v) is 5.39. The summed E-state index contributed by atoms with van der Waals surface area (Å²) in [6.45, 7) is 6.25. The highest BCUT2D eigenvalue weighted by Crippen LogP contribution is 2.31. The number of hydrogen-bond acceptors (Lipinski definition) is 6. The first-order valence-electron chi connectivity index (χ1n) is 9.18. The molecule has 0 unspecified atom stereocenters. The number of carbonyl (C=O) groups is 3. The second-order valence-electron chi connectivity index (χ2n) is 7.22. The molecule has 0 aromatic heterocycles. The van der Waals surface area contributed by atoms with Crippen LogP contribution in [-0.4, -0.2) is 78.2 Å². The van der Waals surface area contributed by atoms with Crippen LogP contribution in [0.1, 0.15) is 32.6 Å². The Hall–Kier alpha value is -1.51. The van der Waals surface area contributed by atoms with Crippen LogP contribution in [0, 0.1) is 11.8 Å². The minimum Gasteiger partial charge on any atom is -0.369 e. The molecule has 2 atom stereocenters. The molecule has 8 nitrogen and oxygen atoms in total. The van der Waals surface area contributed by atoms with Gasteiger partial charge in [-0.2, -0.15) is 0 Å². The van der Waals surface area contributed by atoms with E-state index in [9.17, 15) is 14.4 Å². The third kappa shape index (κ3) is 5.76. The number of hydrazine groups is 1. The summed E-state index contributed by atoms with van der Waals surface area (Å²) in [6, 6.07) is 0. The van der Waals surface area contributed by atoms with Gasteiger partial charge >= 0.3 is 0 Å². The van der Waals surface area contributed by atoms with Gasteiger partial charge in [-0.25, -0.2) is 5.84 Å². The lowest BCUT2D eigenvalue weighted by atomic mass is 9.76. The minimum atomic E-state index is -0.306. The van der Waals surface area contributed by atoms with Crippen LogP contribution in [-0.2, 0) is 14.4 Å². The number of carbonyl (C=O) groups excluding carboxylic acids is 3. The molecular weight excluding hydrogens is 322 g/mol. The van der Waals surface area contributed by atoms with E-state index in [2.05, 4.69) is 4.90 Å². The Kier molecular flexibility index (Phi) is 7.34. The molecule has 0 spiro atoms. The largest absolute Gasteiger partial charge is 0.369 e. The molecule has 2 aliphatic rings. The van der Waals surface area contributed by atoms with Crippen molar-refractivity contribution in [1.29, 1.82) is 0 Å². The average molecular weight is 353 g/mol. The van der Waals surface area contributed by atoms with E-state index in [1.807, 2.05) is 4.90 Å². The van der Waals surface area contributed by atoms with Gasteiger partial charge in [0.15, 0.2) is 0 Å². The maximum Gasteiger partial charge on any atom is 0.240 e. The lowest BCUT2D eigenvalue weighted by Gasteiger charge is -2.35. The number of rotatable bonds is 7. The molecule has 0 bridgehead atoms. The van der Waals surface area contributed by atoms with Gasteiger partial charge in [0.1, 0.15) is 5.78 Å². The maximum absolute atomic E-state index is 12.6. The average Bonchev–Trinajstić information content (AvgIpc) is 2.59. The van der Waals surface area contributed by atoms with E-state index in [1.165, 1.54) is 5.01 Å². The molecule has 1 aliphatic carbocycles. The quantitative estimate of drug-likeness (QED) is 0.351.